The lowest BCUT2D eigenvalue weighted by Crippen LogP contribution is -2.32. The number of hydrogen-bond acceptors (Lipinski definition) is 4. The first-order valence-electron chi connectivity index (χ1n) is 11.1. The van der Waals surface area contributed by atoms with Gasteiger partial charge in [-0.3, -0.25) is 0 Å². The third kappa shape index (κ3) is 4.28. The van der Waals surface area contributed by atoms with E-state index >= 15 is 0 Å². The summed E-state index contributed by atoms with van der Waals surface area (Å²) >= 11 is 0. The summed E-state index contributed by atoms with van der Waals surface area (Å²) < 4.78 is 16.9. The average Bonchev–Trinajstić information content (AvgIpc) is 3.15. The minimum atomic E-state index is -0.326. The van der Waals surface area contributed by atoms with Crippen molar-refractivity contribution >= 4 is 6.09 Å². The lowest BCUT2D eigenvalue weighted by atomic mass is 9.98. The summed E-state index contributed by atoms with van der Waals surface area (Å²) in [6.07, 6.45) is -0.326. The summed E-state index contributed by atoms with van der Waals surface area (Å²) in [4.78, 5) is 14.7. The van der Waals surface area contributed by atoms with Gasteiger partial charge >= 0.3 is 6.09 Å². The molecule has 0 fully saturated rings. The summed E-state index contributed by atoms with van der Waals surface area (Å²) in [7, 11) is 1.62. The SMILES string of the molecule is CCOc1cc(OC)ccc1CN(CC)C(=O)OCC1c2ccccc2-c2ccccc21. The zero-order chi connectivity index (χ0) is 22.5. The molecule has 0 aromatic heterocycles. The van der Waals surface area contributed by atoms with Gasteiger partial charge in [0.25, 0.3) is 0 Å². The molecule has 0 N–H and O–H groups in total. The Morgan fingerprint density at radius 2 is 1.59 bits per heavy atom. The van der Waals surface area contributed by atoms with Crippen molar-refractivity contribution in [2.45, 2.75) is 26.3 Å². The van der Waals surface area contributed by atoms with Crippen LogP contribution in [0.5, 0.6) is 11.5 Å². The molecule has 0 aliphatic heterocycles. The van der Waals surface area contributed by atoms with Crippen LogP contribution >= 0.6 is 0 Å². The van der Waals surface area contributed by atoms with Crippen LogP contribution in [0.3, 0.4) is 0 Å². The molecule has 1 amide bonds. The minimum Gasteiger partial charge on any atom is -0.497 e. The van der Waals surface area contributed by atoms with Gasteiger partial charge in [-0.15, -0.1) is 0 Å². The molecule has 4 rings (SSSR count). The maximum Gasteiger partial charge on any atom is 0.410 e. The largest absolute Gasteiger partial charge is 0.497 e. The maximum absolute atomic E-state index is 13.0. The molecule has 0 radical (unpaired) electrons. The molecule has 32 heavy (non-hydrogen) atoms. The average molecular weight is 432 g/mol. The molecule has 0 atom stereocenters. The summed E-state index contributed by atoms with van der Waals surface area (Å²) in [6, 6.07) is 22.3. The van der Waals surface area contributed by atoms with Gasteiger partial charge in [0.2, 0.25) is 0 Å². The molecule has 0 heterocycles. The Labute approximate surface area is 189 Å². The zero-order valence-corrected chi connectivity index (χ0v) is 18.8. The monoisotopic (exact) mass is 431 g/mol. The van der Waals surface area contributed by atoms with Gasteiger partial charge in [-0.25, -0.2) is 4.79 Å². The Hall–Kier alpha value is -3.47. The smallest absolute Gasteiger partial charge is 0.410 e. The molecule has 3 aromatic rings. The molecular weight excluding hydrogens is 402 g/mol. The summed E-state index contributed by atoms with van der Waals surface area (Å²) in [5.74, 6) is 1.49. The molecule has 0 saturated carbocycles. The van der Waals surface area contributed by atoms with E-state index in [1.807, 2.05) is 56.3 Å². The van der Waals surface area contributed by atoms with Gasteiger partial charge in [0, 0.05) is 24.1 Å². The number of carbonyl (C=O) groups excluding carboxylic acids is 1. The number of methoxy groups -OCH3 is 1. The van der Waals surface area contributed by atoms with Gasteiger partial charge in [0.1, 0.15) is 18.1 Å². The van der Waals surface area contributed by atoms with Crippen LogP contribution in [0.1, 0.15) is 36.5 Å². The fraction of sp³-hybridized carbons (Fsp3) is 0.296. The number of carbonyl (C=O) groups is 1. The fourth-order valence-electron chi connectivity index (χ4n) is 4.28. The highest BCUT2D eigenvalue weighted by molar-refractivity contribution is 5.79. The Morgan fingerprint density at radius 1 is 0.938 bits per heavy atom. The lowest BCUT2D eigenvalue weighted by Gasteiger charge is -2.23. The molecule has 0 saturated heterocycles. The Morgan fingerprint density at radius 3 is 2.19 bits per heavy atom. The van der Waals surface area contributed by atoms with E-state index in [-0.39, 0.29) is 12.0 Å². The second-order valence-electron chi connectivity index (χ2n) is 7.72. The Balaban J connectivity index is 1.48. The second kappa shape index (κ2) is 9.77. The van der Waals surface area contributed by atoms with Gasteiger partial charge in [-0.2, -0.15) is 0 Å². The van der Waals surface area contributed by atoms with E-state index in [0.717, 1.165) is 17.1 Å². The van der Waals surface area contributed by atoms with Crippen molar-refractivity contribution in [3.63, 3.8) is 0 Å². The zero-order valence-electron chi connectivity index (χ0n) is 18.8. The number of benzene rings is 3. The van der Waals surface area contributed by atoms with Crippen LogP contribution in [0.15, 0.2) is 66.7 Å². The summed E-state index contributed by atoms with van der Waals surface area (Å²) in [5.41, 5.74) is 5.77. The van der Waals surface area contributed by atoms with Gasteiger partial charge in [-0.05, 0) is 48.2 Å². The van der Waals surface area contributed by atoms with Crippen molar-refractivity contribution in [3.05, 3.63) is 83.4 Å². The predicted octanol–water partition coefficient (Wildman–Crippen LogP) is 5.86. The van der Waals surface area contributed by atoms with Crippen LogP contribution in [-0.2, 0) is 11.3 Å². The summed E-state index contributed by atoms with van der Waals surface area (Å²) in [5, 5.41) is 0. The Kier molecular flexibility index (Phi) is 6.64. The second-order valence-corrected chi connectivity index (χ2v) is 7.72. The van der Waals surface area contributed by atoms with Crippen LogP contribution in [0.25, 0.3) is 11.1 Å². The van der Waals surface area contributed by atoms with Gasteiger partial charge in [-0.1, -0.05) is 48.5 Å². The molecule has 3 aromatic carbocycles. The van der Waals surface area contributed by atoms with Crippen LogP contribution in [0.2, 0.25) is 0 Å². The molecule has 0 bridgehead atoms. The van der Waals surface area contributed by atoms with Crippen molar-refractivity contribution in [2.24, 2.45) is 0 Å². The number of rotatable bonds is 8. The topological polar surface area (TPSA) is 48.0 Å². The number of amides is 1. The quantitative estimate of drug-likeness (QED) is 0.448. The Bertz CT molecular complexity index is 1050. The highest BCUT2D eigenvalue weighted by Gasteiger charge is 2.29. The molecule has 5 heteroatoms. The van der Waals surface area contributed by atoms with Crippen molar-refractivity contribution in [3.8, 4) is 22.6 Å². The molecular formula is C27H29NO4. The predicted molar refractivity (Wildman–Crippen MR) is 125 cm³/mol. The maximum atomic E-state index is 13.0. The first-order chi connectivity index (χ1) is 15.7. The van der Waals surface area contributed by atoms with Crippen molar-refractivity contribution in [2.75, 3.05) is 26.9 Å². The van der Waals surface area contributed by atoms with Crippen molar-refractivity contribution in [1.29, 1.82) is 0 Å². The molecule has 166 valence electrons. The third-order valence-corrected chi connectivity index (χ3v) is 5.91. The standard InChI is InChI=1S/C27H29NO4/c1-4-28(17-19-14-15-20(30-3)16-26(19)31-5-2)27(29)32-18-25-23-12-8-6-10-21(23)22-11-7-9-13-24(22)25/h6-16,25H,4-5,17-18H2,1-3H3. The summed E-state index contributed by atoms with van der Waals surface area (Å²) in [6.45, 7) is 5.68. The van der Waals surface area contributed by atoms with E-state index in [1.54, 1.807) is 12.0 Å². The number of hydrogen-bond donors (Lipinski definition) is 0. The van der Waals surface area contributed by atoms with E-state index < -0.39 is 0 Å². The molecule has 5 nitrogen and oxygen atoms in total. The lowest BCUT2D eigenvalue weighted by molar-refractivity contribution is 0.0988. The van der Waals surface area contributed by atoms with Crippen molar-refractivity contribution < 1.29 is 19.0 Å². The highest BCUT2D eigenvalue weighted by Crippen LogP contribution is 2.44. The third-order valence-electron chi connectivity index (χ3n) is 5.91. The molecule has 1 aliphatic carbocycles. The molecule has 1 aliphatic rings. The first kappa shape index (κ1) is 21.8. The van der Waals surface area contributed by atoms with E-state index in [0.29, 0.717) is 26.3 Å². The molecule has 0 spiro atoms. The van der Waals surface area contributed by atoms with Gasteiger partial charge in [0.15, 0.2) is 0 Å². The van der Waals surface area contributed by atoms with Crippen LogP contribution in [0, 0.1) is 0 Å². The van der Waals surface area contributed by atoms with E-state index in [1.165, 1.54) is 22.3 Å². The first-order valence-corrected chi connectivity index (χ1v) is 11.1. The van der Waals surface area contributed by atoms with Gasteiger partial charge < -0.3 is 19.1 Å². The normalized spacial score (nSPS) is 12.1. The van der Waals surface area contributed by atoms with Crippen LogP contribution in [0.4, 0.5) is 4.79 Å². The van der Waals surface area contributed by atoms with Crippen LogP contribution < -0.4 is 9.47 Å². The fourth-order valence-corrected chi connectivity index (χ4v) is 4.28. The van der Waals surface area contributed by atoms with Crippen LogP contribution in [-0.4, -0.2) is 37.9 Å². The van der Waals surface area contributed by atoms with Crippen molar-refractivity contribution in [1.82, 2.24) is 4.90 Å². The minimum absolute atomic E-state index is 0.0463. The van der Waals surface area contributed by atoms with Gasteiger partial charge in [0.05, 0.1) is 20.3 Å². The van der Waals surface area contributed by atoms with E-state index in [2.05, 4.69) is 24.3 Å². The molecule has 0 unspecified atom stereocenters. The number of nitrogens with zero attached hydrogens (tertiary/aromatic N) is 1. The highest BCUT2D eigenvalue weighted by atomic mass is 16.6. The number of ether oxygens (including phenoxy) is 3. The number of fused-ring (bicyclic) bond motifs is 3. The van der Waals surface area contributed by atoms with E-state index in [4.69, 9.17) is 14.2 Å². The van der Waals surface area contributed by atoms with E-state index in [9.17, 15) is 4.79 Å².